The quantitative estimate of drug-likeness (QED) is 0.387. The molecule has 4 aromatic rings. The molecule has 1 N–H and O–H groups in total. The number of pyridine rings is 1. The summed E-state index contributed by atoms with van der Waals surface area (Å²) in [5, 5.41) is 16.0. The average Bonchev–Trinajstić information content (AvgIpc) is 3.40. The van der Waals surface area contributed by atoms with Gasteiger partial charge in [-0.15, -0.1) is 16.4 Å². The minimum atomic E-state index is -0.254. The summed E-state index contributed by atoms with van der Waals surface area (Å²) in [4.78, 5) is 19.9. The summed E-state index contributed by atoms with van der Waals surface area (Å²) < 4.78 is 1.91. The van der Waals surface area contributed by atoms with Crippen LogP contribution >= 0.6 is 11.3 Å². The largest absolute Gasteiger partial charge is 0.322 e. The van der Waals surface area contributed by atoms with E-state index in [1.165, 1.54) is 4.88 Å². The van der Waals surface area contributed by atoms with E-state index in [0.717, 1.165) is 33.4 Å². The molecule has 0 fully saturated rings. The fourth-order valence-corrected chi connectivity index (χ4v) is 5.38. The molecule has 180 valence electrons. The van der Waals surface area contributed by atoms with Crippen molar-refractivity contribution in [1.29, 1.82) is 0 Å². The molecule has 3 aromatic heterocycles. The van der Waals surface area contributed by atoms with E-state index in [1.54, 1.807) is 11.3 Å². The Balaban J connectivity index is 1.81. The van der Waals surface area contributed by atoms with Crippen LogP contribution in [0.15, 0.2) is 40.5 Å². The van der Waals surface area contributed by atoms with Gasteiger partial charge in [0, 0.05) is 34.4 Å². The molecule has 0 aliphatic heterocycles. The van der Waals surface area contributed by atoms with Gasteiger partial charge >= 0.3 is 0 Å². The Morgan fingerprint density at radius 3 is 2.56 bits per heavy atom. The number of hydrogen-bond donors (Lipinski definition) is 1. The van der Waals surface area contributed by atoms with Crippen LogP contribution < -0.4 is 5.56 Å². The number of tetrazole rings is 1. The Morgan fingerprint density at radius 2 is 1.91 bits per heavy atom. The van der Waals surface area contributed by atoms with E-state index in [-0.39, 0.29) is 23.1 Å². The number of H-pyrrole nitrogens is 1. The molecule has 34 heavy (non-hydrogen) atoms. The summed E-state index contributed by atoms with van der Waals surface area (Å²) >= 11 is 1.72. The van der Waals surface area contributed by atoms with E-state index in [9.17, 15) is 4.79 Å². The van der Waals surface area contributed by atoms with Crippen molar-refractivity contribution < 1.29 is 0 Å². The lowest BCUT2D eigenvalue weighted by atomic mass is 9.98. The first-order chi connectivity index (χ1) is 16.0. The van der Waals surface area contributed by atoms with Crippen LogP contribution in [-0.4, -0.2) is 30.1 Å². The van der Waals surface area contributed by atoms with Gasteiger partial charge < -0.3 is 4.98 Å². The summed E-state index contributed by atoms with van der Waals surface area (Å²) in [6.07, 6.45) is 0. The highest BCUT2D eigenvalue weighted by atomic mass is 32.1. The van der Waals surface area contributed by atoms with Crippen LogP contribution in [-0.2, 0) is 18.6 Å². The molecule has 1 aromatic carbocycles. The summed E-state index contributed by atoms with van der Waals surface area (Å²) in [5.41, 5.74) is 3.63. The lowest BCUT2D eigenvalue weighted by Crippen LogP contribution is -2.37. The fraction of sp³-hybridized carbons (Fsp3) is 0.462. The van der Waals surface area contributed by atoms with Crippen LogP contribution in [0.1, 0.15) is 68.1 Å². The fourth-order valence-electron chi connectivity index (χ4n) is 4.65. The number of nitrogens with zero attached hydrogens (tertiary/aromatic N) is 5. The summed E-state index contributed by atoms with van der Waals surface area (Å²) in [6, 6.07) is 10.4. The van der Waals surface area contributed by atoms with Crippen molar-refractivity contribution in [2.45, 2.75) is 73.1 Å². The van der Waals surface area contributed by atoms with Crippen molar-refractivity contribution in [3.8, 4) is 0 Å². The van der Waals surface area contributed by atoms with Crippen LogP contribution in [0, 0.1) is 19.8 Å². The summed E-state index contributed by atoms with van der Waals surface area (Å²) in [7, 11) is 0. The Hall–Kier alpha value is -2.84. The van der Waals surface area contributed by atoms with Gasteiger partial charge in [-0.2, -0.15) is 0 Å². The van der Waals surface area contributed by atoms with Gasteiger partial charge in [0.25, 0.3) is 5.56 Å². The van der Waals surface area contributed by atoms with Crippen molar-refractivity contribution in [1.82, 2.24) is 30.1 Å². The van der Waals surface area contributed by atoms with Gasteiger partial charge in [-0.3, -0.25) is 9.69 Å². The Labute approximate surface area is 204 Å². The normalized spacial score (nSPS) is 13.3. The lowest BCUT2D eigenvalue weighted by molar-refractivity contribution is 0.121. The van der Waals surface area contributed by atoms with Gasteiger partial charge in [0.1, 0.15) is 0 Å². The molecule has 0 spiro atoms. The molecular formula is C26H34N6OS. The van der Waals surface area contributed by atoms with Gasteiger partial charge in [0.2, 0.25) is 0 Å². The molecule has 0 saturated heterocycles. The van der Waals surface area contributed by atoms with Crippen molar-refractivity contribution in [3.05, 3.63) is 73.5 Å². The molecule has 0 bridgehead atoms. The molecule has 4 rings (SSSR count). The summed E-state index contributed by atoms with van der Waals surface area (Å²) in [5.74, 6) is 1.05. The van der Waals surface area contributed by atoms with Crippen LogP contribution in [0.3, 0.4) is 0 Å². The van der Waals surface area contributed by atoms with Crippen molar-refractivity contribution in [2.24, 2.45) is 5.92 Å². The maximum Gasteiger partial charge on any atom is 0.252 e. The number of thiophene rings is 1. The van der Waals surface area contributed by atoms with E-state index in [1.807, 2.05) is 17.7 Å². The molecule has 0 saturated carbocycles. The maximum atomic E-state index is 13.2. The predicted octanol–water partition coefficient (Wildman–Crippen LogP) is 5.35. The molecule has 1 atom stereocenters. The number of aromatic nitrogens is 5. The minimum Gasteiger partial charge on any atom is -0.322 e. The van der Waals surface area contributed by atoms with Crippen LogP contribution in [0.4, 0.5) is 0 Å². The summed E-state index contributed by atoms with van der Waals surface area (Å²) in [6.45, 7) is 16.0. The second kappa shape index (κ2) is 9.43. The van der Waals surface area contributed by atoms with E-state index in [0.29, 0.717) is 13.1 Å². The number of aromatic amines is 1. The number of nitrogens with one attached hydrogen (secondary N) is 1. The molecule has 3 heterocycles. The highest BCUT2D eigenvalue weighted by Crippen LogP contribution is 2.33. The molecule has 8 heteroatoms. The predicted molar refractivity (Wildman–Crippen MR) is 138 cm³/mol. The van der Waals surface area contributed by atoms with Gasteiger partial charge in [-0.25, -0.2) is 4.68 Å². The van der Waals surface area contributed by atoms with Gasteiger partial charge in [-0.1, -0.05) is 26.0 Å². The first-order valence-corrected chi connectivity index (χ1v) is 12.6. The van der Waals surface area contributed by atoms with Crippen LogP contribution in [0.2, 0.25) is 0 Å². The van der Waals surface area contributed by atoms with Crippen molar-refractivity contribution >= 4 is 22.2 Å². The number of benzene rings is 1. The first-order valence-electron chi connectivity index (χ1n) is 11.7. The zero-order valence-electron chi connectivity index (χ0n) is 21.1. The van der Waals surface area contributed by atoms with Gasteiger partial charge in [-0.05, 0) is 85.7 Å². The number of aryl methyl sites for hydroxylation is 2. The zero-order valence-corrected chi connectivity index (χ0v) is 21.9. The topological polar surface area (TPSA) is 79.7 Å². The highest BCUT2D eigenvalue weighted by molar-refractivity contribution is 7.09. The Bertz CT molecular complexity index is 1330. The minimum absolute atomic E-state index is 0.0494. The molecule has 0 aliphatic carbocycles. The molecule has 7 nitrogen and oxygen atoms in total. The molecule has 0 aliphatic rings. The van der Waals surface area contributed by atoms with E-state index >= 15 is 0 Å². The van der Waals surface area contributed by atoms with Crippen LogP contribution in [0.25, 0.3) is 10.9 Å². The number of hydrogen-bond acceptors (Lipinski definition) is 6. The maximum absolute atomic E-state index is 13.2. The lowest BCUT2D eigenvalue weighted by Gasteiger charge is -2.35. The molecular weight excluding hydrogens is 444 g/mol. The third-order valence-corrected chi connectivity index (χ3v) is 6.98. The second-order valence-electron chi connectivity index (χ2n) is 10.5. The van der Waals surface area contributed by atoms with E-state index in [4.69, 9.17) is 0 Å². The van der Waals surface area contributed by atoms with Crippen LogP contribution in [0.5, 0.6) is 0 Å². The second-order valence-corrected chi connectivity index (χ2v) is 11.5. The standard InChI is InChI=1S/C26H34N6OS/c1-16(2)23(24-28-29-30-32(24)26(5,6)7)31(15-20-9-8-10-34-20)14-19-13-21-18(4)11-17(3)12-22(21)27-25(19)33/h8-13,16,23H,14-15H2,1-7H3,(H,27,33). The van der Waals surface area contributed by atoms with Gasteiger partial charge in [0.15, 0.2) is 5.82 Å². The Morgan fingerprint density at radius 1 is 1.15 bits per heavy atom. The number of rotatable bonds is 7. The third-order valence-electron chi connectivity index (χ3n) is 6.12. The van der Waals surface area contributed by atoms with E-state index < -0.39 is 0 Å². The first kappa shape index (κ1) is 24.3. The third kappa shape index (κ3) is 4.98. The molecule has 0 amide bonds. The molecule has 0 radical (unpaired) electrons. The SMILES string of the molecule is Cc1cc(C)c2cc(CN(Cc3cccs3)C(c3nnnn3C(C)(C)C)C(C)C)c(=O)[nH]c2c1. The zero-order chi connectivity index (χ0) is 24.6. The number of fused-ring (bicyclic) bond motifs is 1. The van der Waals surface area contributed by atoms with E-state index in [2.05, 4.69) is 96.6 Å². The van der Waals surface area contributed by atoms with Crippen molar-refractivity contribution in [3.63, 3.8) is 0 Å². The highest BCUT2D eigenvalue weighted by Gasteiger charge is 2.33. The monoisotopic (exact) mass is 478 g/mol. The smallest absolute Gasteiger partial charge is 0.252 e. The van der Waals surface area contributed by atoms with Gasteiger partial charge in [0.05, 0.1) is 11.6 Å². The Kier molecular flexibility index (Phi) is 6.73. The van der Waals surface area contributed by atoms with Crippen molar-refractivity contribution in [2.75, 3.05) is 0 Å². The average molecular weight is 479 g/mol. The molecule has 1 unspecified atom stereocenters.